The van der Waals surface area contributed by atoms with E-state index in [2.05, 4.69) is 27.8 Å². The van der Waals surface area contributed by atoms with Crippen molar-refractivity contribution < 1.29 is 24.2 Å². The van der Waals surface area contributed by atoms with Gasteiger partial charge >= 0.3 is 5.97 Å². The molecule has 0 aliphatic heterocycles. The minimum Gasteiger partial charge on any atom is -0.493 e. The predicted octanol–water partition coefficient (Wildman–Crippen LogP) is 3.88. The lowest BCUT2D eigenvalue weighted by atomic mass is 10.1. The summed E-state index contributed by atoms with van der Waals surface area (Å²) in [4.78, 5) is 23.8. The molecule has 0 aromatic heterocycles. The molecule has 0 spiro atoms. The topological polar surface area (TPSA) is 84.9 Å². The van der Waals surface area contributed by atoms with Crippen molar-refractivity contribution in [3.8, 4) is 11.5 Å². The number of hydrogen-bond donors (Lipinski definition) is 2. The SMILES string of the molecule is C=CCOc1c(Br)cc(C=C(NC(=O)c2ccccc2)C(=O)O)cc1OC. The highest BCUT2D eigenvalue weighted by Crippen LogP contribution is 2.37. The number of carboxylic acids is 1. The Balaban J connectivity index is 2.34. The fraction of sp³-hybridized carbons (Fsp3) is 0.100. The molecule has 0 atom stereocenters. The first-order chi connectivity index (χ1) is 13.0. The number of amides is 1. The minimum atomic E-state index is -1.26. The Labute approximate surface area is 165 Å². The number of nitrogens with one attached hydrogen (secondary N) is 1. The zero-order valence-corrected chi connectivity index (χ0v) is 16.2. The Kier molecular flexibility index (Phi) is 7.19. The molecule has 2 aromatic carbocycles. The number of carbonyl (C=O) groups excluding carboxylic acids is 1. The number of ether oxygens (including phenoxy) is 2. The Hall–Kier alpha value is -3.06. The van der Waals surface area contributed by atoms with Crippen molar-refractivity contribution in [3.63, 3.8) is 0 Å². The molecular formula is C20H18BrNO5. The molecule has 0 unspecified atom stereocenters. The summed E-state index contributed by atoms with van der Waals surface area (Å²) < 4.78 is 11.4. The first-order valence-electron chi connectivity index (χ1n) is 7.89. The third kappa shape index (κ3) is 5.46. The van der Waals surface area contributed by atoms with Crippen LogP contribution in [-0.4, -0.2) is 30.7 Å². The smallest absolute Gasteiger partial charge is 0.352 e. The van der Waals surface area contributed by atoms with Crippen LogP contribution in [0.15, 0.2) is 65.3 Å². The van der Waals surface area contributed by atoms with E-state index in [0.29, 0.717) is 27.1 Å². The third-order valence-corrected chi connectivity index (χ3v) is 4.01. The van der Waals surface area contributed by atoms with Gasteiger partial charge in [0.25, 0.3) is 5.91 Å². The maximum absolute atomic E-state index is 12.2. The molecule has 7 heteroatoms. The van der Waals surface area contributed by atoms with Gasteiger partial charge in [0, 0.05) is 5.56 Å². The molecule has 0 radical (unpaired) electrons. The number of carbonyl (C=O) groups is 2. The molecule has 0 saturated heterocycles. The van der Waals surface area contributed by atoms with Crippen molar-refractivity contribution in [2.75, 3.05) is 13.7 Å². The van der Waals surface area contributed by atoms with Crippen LogP contribution in [0.25, 0.3) is 6.08 Å². The Morgan fingerprint density at radius 3 is 2.56 bits per heavy atom. The van der Waals surface area contributed by atoms with Crippen LogP contribution in [0, 0.1) is 0 Å². The highest BCUT2D eigenvalue weighted by atomic mass is 79.9. The maximum Gasteiger partial charge on any atom is 0.352 e. The molecule has 2 N–H and O–H groups in total. The van der Waals surface area contributed by atoms with Crippen molar-refractivity contribution in [1.29, 1.82) is 0 Å². The lowest BCUT2D eigenvalue weighted by Gasteiger charge is -2.13. The summed E-state index contributed by atoms with van der Waals surface area (Å²) in [6.07, 6.45) is 2.94. The van der Waals surface area contributed by atoms with E-state index in [0.717, 1.165) is 0 Å². The van der Waals surface area contributed by atoms with Crippen molar-refractivity contribution in [2.24, 2.45) is 0 Å². The quantitative estimate of drug-likeness (QED) is 0.489. The summed E-state index contributed by atoms with van der Waals surface area (Å²) >= 11 is 3.38. The normalized spacial score (nSPS) is 10.8. The summed E-state index contributed by atoms with van der Waals surface area (Å²) in [5.41, 5.74) is 0.601. The van der Waals surface area contributed by atoms with Gasteiger partial charge in [0.2, 0.25) is 0 Å². The van der Waals surface area contributed by atoms with E-state index in [1.807, 2.05) is 0 Å². The van der Waals surface area contributed by atoms with Gasteiger partial charge in [-0.05, 0) is 51.8 Å². The van der Waals surface area contributed by atoms with Crippen LogP contribution in [0.4, 0.5) is 0 Å². The number of carboxylic acid groups (broad SMARTS) is 1. The molecule has 0 fully saturated rings. The number of aliphatic carboxylic acids is 1. The monoisotopic (exact) mass is 431 g/mol. The Bertz CT molecular complexity index is 877. The van der Waals surface area contributed by atoms with Gasteiger partial charge in [0.15, 0.2) is 11.5 Å². The molecule has 2 aromatic rings. The Morgan fingerprint density at radius 1 is 1.26 bits per heavy atom. The summed E-state index contributed by atoms with van der Waals surface area (Å²) in [6.45, 7) is 3.88. The highest BCUT2D eigenvalue weighted by molar-refractivity contribution is 9.10. The summed E-state index contributed by atoms with van der Waals surface area (Å²) in [5, 5.41) is 11.8. The second-order valence-electron chi connectivity index (χ2n) is 5.32. The molecular weight excluding hydrogens is 414 g/mol. The molecule has 0 heterocycles. The summed E-state index contributed by atoms with van der Waals surface area (Å²) in [6, 6.07) is 11.6. The van der Waals surface area contributed by atoms with Crippen LogP contribution in [0.5, 0.6) is 11.5 Å². The highest BCUT2D eigenvalue weighted by Gasteiger charge is 2.15. The van der Waals surface area contributed by atoms with Crippen LogP contribution in [0.2, 0.25) is 0 Å². The fourth-order valence-corrected chi connectivity index (χ4v) is 2.78. The van der Waals surface area contributed by atoms with Crippen molar-refractivity contribution in [2.45, 2.75) is 0 Å². The van der Waals surface area contributed by atoms with Crippen molar-refractivity contribution in [3.05, 3.63) is 76.4 Å². The summed E-state index contributed by atoms with van der Waals surface area (Å²) in [7, 11) is 1.48. The molecule has 0 saturated carbocycles. The van der Waals surface area contributed by atoms with E-state index in [1.54, 1.807) is 48.5 Å². The second-order valence-corrected chi connectivity index (χ2v) is 6.17. The van der Waals surface area contributed by atoms with Crippen LogP contribution < -0.4 is 14.8 Å². The fourth-order valence-electron chi connectivity index (χ4n) is 2.21. The number of benzene rings is 2. The van der Waals surface area contributed by atoms with E-state index >= 15 is 0 Å². The van der Waals surface area contributed by atoms with Gasteiger partial charge < -0.3 is 19.9 Å². The predicted molar refractivity (Wildman–Crippen MR) is 106 cm³/mol. The van der Waals surface area contributed by atoms with Gasteiger partial charge in [0.05, 0.1) is 11.6 Å². The number of hydrogen-bond acceptors (Lipinski definition) is 4. The number of methoxy groups -OCH3 is 1. The summed E-state index contributed by atoms with van der Waals surface area (Å²) in [5.74, 6) is -0.890. The van der Waals surface area contributed by atoms with E-state index in [-0.39, 0.29) is 12.3 Å². The van der Waals surface area contributed by atoms with Gasteiger partial charge in [-0.25, -0.2) is 4.79 Å². The Morgan fingerprint density at radius 2 is 1.96 bits per heavy atom. The van der Waals surface area contributed by atoms with Gasteiger partial charge in [-0.1, -0.05) is 30.9 Å². The average Bonchev–Trinajstić information content (AvgIpc) is 2.66. The molecule has 6 nitrogen and oxygen atoms in total. The lowest BCUT2D eigenvalue weighted by molar-refractivity contribution is -0.132. The van der Waals surface area contributed by atoms with Crippen LogP contribution in [-0.2, 0) is 4.79 Å². The zero-order chi connectivity index (χ0) is 19.8. The van der Waals surface area contributed by atoms with Gasteiger partial charge in [-0.15, -0.1) is 0 Å². The zero-order valence-electron chi connectivity index (χ0n) is 14.6. The first-order valence-corrected chi connectivity index (χ1v) is 8.68. The molecule has 0 bridgehead atoms. The van der Waals surface area contributed by atoms with E-state index < -0.39 is 11.9 Å². The van der Waals surface area contributed by atoms with Gasteiger partial charge in [0.1, 0.15) is 12.3 Å². The van der Waals surface area contributed by atoms with E-state index in [1.165, 1.54) is 13.2 Å². The lowest BCUT2D eigenvalue weighted by Crippen LogP contribution is -2.27. The molecule has 1 amide bonds. The van der Waals surface area contributed by atoms with Crippen LogP contribution in [0.3, 0.4) is 0 Å². The van der Waals surface area contributed by atoms with Crippen LogP contribution >= 0.6 is 15.9 Å². The minimum absolute atomic E-state index is 0.266. The molecule has 27 heavy (non-hydrogen) atoms. The van der Waals surface area contributed by atoms with Crippen LogP contribution in [0.1, 0.15) is 15.9 Å². The van der Waals surface area contributed by atoms with Gasteiger partial charge in [-0.3, -0.25) is 4.79 Å². The largest absolute Gasteiger partial charge is 0.493 e. The average molecular weight is 432 g/mol. The first kappa shape index (κ1) is 20.3. The molecule has 0 aliphatic carbocycles. The third-order valence-electron chi connectivity index (χ3n) is 3.42. The molecule has 2 rings (SSSR count). The van der Waals surface area contributed by atoms with E-state index in [9.17, 15) is 14.7 Å². The molecule has 0 aliphatic rings. The van der Waals surface area contributed by atoms with Crippen molar-refractivity contribution in [1.82, 2.24) is 5.32 Å². The second kappa shape index (κ2) is 9.59. The standard InChI is InChI=1S/C20H18BrNO5/c1-3-9-27-18-15(21)10-13(12-17(18)26-2)11-16(20(24)25)22-19(23)14-7-5-4-6-8-14/h3-8,10-12H,1,9H2,2H3,(H,22,23)(H,24,25). The maximum atomic E-state index is 12.2. The number of rotatable bonds is 8. The molecule has 140 valence electrons. The van der Waals surface area contributed by atoms with Crippen molar-refractivity contribution >= 4 is 33.9 Å². The van der Waals surface area contributed by atoms with E-state index in [4.69, 9.17) is 9.47 Å². The number of halogens is 1. The van der Waals surface area contributed by atoms with Gasteiger partial charge in [-0.2, -0.15) is 0 Å².